The second-order valence-corrected chi connectivity index (χ2v) is 6.77. The Morgan fingerprint density at radius 1 is 1.29 bits per heavy atom. The first kappa shape index (κ1) is 16.4. The zero-order valence-electron chi connectivity index (χ0n) is 14.3. The smallest absolute Gasteiger partial charge is 0.227 e. The molecule has 0 unspecified atom stereocenters. The summed E-state index contributed by atoms with van der Waals surface area (Å²) in [4.78, 5) is 23.5. The van der Waals surface area contributed by atoms with Crippen molar-refractivity contribution in [1.82, 2.24) is 15.3 Å². The van der Waals surface area contributed by atoms with Crippen LogP contribution in [0.15, 0.2) is 42.7 Å². The van der Waals surface area contributed by atoms with Gasteiger partial charge >= 0.3 is 0 Å². The molecule has 0 spiro atoms. The Morgan fingerprint density at radius 2 is 2.08 bits per heavy atom. The molecule has 1 saturated heterocycles. The van der Waals surface area contributed by atoms with Crippen molar-refractivity contribution in [3.05, 3.63) is 54.0 Å². The van der Waals surface area contributed by atoms with Gasteiger partial charge in [-0.1, -0.05) is 30.3 Å². The Morgan fingerprint density at radius 3 is 2.83 bits per heavy atom. The molecule has 1 aromatic heterocycles. The summed E-state index contributed by atoms with van der Waals surface area (Å²) in [6.07, 6.45) is 3.47. The molecule has 1 N–H and O–H groups in total. The lowest BCUT2D eigenvalue weighted by Crippen LogP contribution is -2.50. The number of carbonyl (C=O) groups excluding carboxylic acids is 1. The lowest BCUT2D eigenvalue weighted by atomic mass is 9.81. The predicted molar refractivity (Wildman–Crippen MR) is 94.6 cm³/mol. The second-order valence-electron chi connectivity index (χ2n) is 6.77. The van der Waals surface area contributed by atoms with E-state index in [0.717, 1.165) is 36.5 Å². The summed E-state index contributed by atoms with van der Waals surface area (Å²) < 4.78 is 0. The third-order valence-electron chi connectivity index (χ3n) is 4.65. The fourth-order valence-corrected chi connectivity index (χ4v) is 3.23. The minimum absolute atomic E-state index is 0.113. The summed E-state index contributed by atoms with van der Waals surface area (Å²) in [5.41, 5.74) is 1.67. The number of aryl methyl sites for hydroxylation is 1. The summed E-state index contributed by atoms with van der Waals surface area (Å²) in [5.74, 6) is 1.02. The molecule has 1 fully saturated rings. The summed E-state index contributed by atoms with van der Waals surface area (Å²) in [6, 6.07) is 12.0. The highest BCUT2D eigenvalue weighted by atomic mass is 16.2. The molecule has 5 nitrogen and oxygen atoms in total. The standard InChI is InChI=1S/C19H24N4O/c1-15-11-17(22-14-21-15)23-10-6-9-19(2,13-23)18(24)20-12-16-7-4-3-5-8-16/h3-5,7-8,11,14H,6,9-10,12-13H2,1-2H3,(H,20,24)/t19-/m0/s1. The molecule has 1 aromatic carbocycles. The molecule has 126 valence electrons. The molecule has 2 heterocycles. The van der Waals surface area contributed by atoms with Crippen LogP contribution in [0.25, 0.3) is 0 Å². The first-order chi connectivity index (χ1) is 11.6. The fourth-order valence-electron chi connectivity index (χ4n) is 3.23. The number of aromatic nitrogens is 2. The highest BCUT2D eigenvalue weighted by molar-refractivity contribution is 5.83. The van der Waals surface area contributed by atoms with Crippen molar-refractivity contribution in [3.8, 4) is 0 Å². The Kier molecular flexibility index (Phi) is 4.79. The first-order valence-corrected chi connectivity index (χ1v) is 8.43. The predicted octanol–water partition coefficient (Wildman–Crippen LogP) is 2.71. The lowest BCUT2D eigenvalue weighted by Gasteiger charge is -2.40. The van der Waals surface area contributed by atoms with E-state index in [4.69, 9.17) is 0 Å². The lowest BCUT2D eigenvalue weighted by molar-refractivity contribution is -0.130. The average molecular weight is 324 g/mol. The molecule has 1 atom stereocenters. The maximum absolute atomic E-state index is 12.8. The number of amides is 1. The van der Waals surface area contributed by atoms with Crippen LogP contribution in [0.4, 0.5) is 5.82 Å². The van der Waals surface area contributed by atoms with E-state index in [-0.39, 0.29) is 5.91 Å². The molecule has 3 rings (SSSR count). The van der Waals surface area contributed by atoms with Gasteiger partial charge in [-0.2, -0.15) is 0 Å². The third kappa shape index (κ3) is 3.72. The van der Waals surface area contributed by atoms with Crippen LogP contribution in [0.2, 0.25) is 0 Å². The summed E-state index contributed by atoms with van der Waals surface area (Å²) in [7, 11) is 0. The maximum Gasteiger partial charge on any atom is 0.227 e. The Balaban J connectivity index is 1.66. The third-order valence-corrected chi connectivity index (χ3v) is 4.65. The van der Waals surface area contributed by atoms with Crippen LogP contribution < -0.4 is 10.2 Å². The molecular formula is C19H24N4O. The molecular weight excluding hydrogens is 300 g/mol. The normalized spacial score (nSPS) is 20.7. The molecule has 0 bridgehead atoms. The van der Waals surface area contributed by atoms with Crippen LogP contribution in [0.1, 0.15) is 31.0 Å². The van der Waals surface area contributed by atoms with Crippen LogP contribution in [-0.4, -0.2) is 29.0 Å². The molecule has 1 aliphatic rings. The number of rotatable bonds is 4. The van der Waals surface area contributed by atoms with Crippen LogP contribution in [0.3, 0.4) is 0 Å². The van der Waals surface area contributed by atoms with Gasteiger partial charge in [0.15, 0.2) is 0 Å². The van der Waals surface area contributed by atoms with E-state index in [1.807, 2.05) is 50.2 Å². The fraction of sp³-hybridized carbons (Fsp3) is 0.421. The van der Waals surface area contributed by atoms with E-state index in [1.54, 1.807) is 6.33 Å². The molecule has 0 aliphatic carbocycles. The SMILES string of the molecule is Cc1cc(N2CCC[C@](C)(C(=O)NCc3ccccc3)C2)ncn1. The molecule has 2 aromatic rings. The number of carbonyl (C=O) groups is 1. The molecule has 1 amide bonds. The first-order valence-electron chi connectivity index (χ1n) is 8.43. The van der Waals surface area contributed by atoms with Crippen molar-refractivity contribution in [2.75, 3.05) is 18.0 Å². The van der Waals surface area contributed by atoms with Crippen molar-refractivity contribution in [3.63, 3.8) is 0 Å². The number of nitrogens with zero attached hydrogens (tertiary/aromatic N) is 3. The van der Waals surface area contributed by atoms with Crippen molar-refractivity contribution >= 4 is 11.7 Å². The van der Waals surface area contributed by atoms with Crippen LogP contribution in [-0.2, 0) is 11.3 Å². The summed E-state index contributed by atoms with van der Waals surface area (Å²) in [5, 5.41) is 3.09. The zero-order chi connectivity index (χ0) is 17.0. The van der Waals surface area contributed by atoms with Gasteiger partial charge in [0.05, 0.1) is 5.41 Å². The molecule has 5 heteroatoms. The molecule has 24 heavy (non-hydrogen) atoms. The van der Waals surface area contributed by atoms with Gasteiger partial charge in [0, 0.05) is 31.4 Å². The number of hydrogen-bond donors (Lipinski definition) is 1. The van der Waals surface area contributed by atoms with Gasteiger partial charge in [-0.05, 0) is 32.3 Å². The quantitative estimate of drug-likeness (QED) is 0.939. The molecule has 0 saturated carbocycles. The van der Waals surface area contributed by atoms with E-state index < -0.39 is 5.41 Å². The topological polar surface area (TPSA) is 58.1 Å². The van der Waals surface area contributed by atoms with Gasteiger partial charge < -0.3 is 10.2 Å². The van der Waals surface area contributed by atoms with E-state index >= 15 is 0 Å². The monoisotopic (exact) mass is 324 g/mol. The van der Waals surface area contributed by atoms with Crippen molar-refractivity contribution < 1.29 is 4.79 Å². The van der Waals surface area contributed by atoms with Crippen LogP contribution >= 0.6 is 0 Å². The second kappa shape index (κ2) is 6.99. The van der Waals surface area contributed by atoms with Crippen molar-refractivity contribution in [2.24, 2.45) is 5.41 Å². The summed E-state index contributed by atoms with van der Waals surface area (Å²) in [6.45, 7) is 6.19. The Labute approximate surface area is 143 Å². The maximum atomic E-state index is 12.8. The number of piperidine rings is 1. The molecule has 0 radical (unpaired) electrons. The van der Waals surface area contributed by atoms with Crippen molar-refractivity contribution in [2.45, 2.75) is 33.2 Å². The number of nitrogens with one attached hydrogen (secondary N) is 1. The van der Waals surface area contributed by atoms with E-state index in [0.29, 0.717) is 13.1 Å². The van der Waals surface area contributed by atoms with Crippen LogP contribution in [0, 0.1) is 12.3 Å². The largest absolute Gasteiger partial charge is 0.355 e. The highest BCUT2D eigenvalue weighted by Gasteiger charge is 2.38. The average Bonchev–Trinajstić information content (AvgIpc) is 2.60. The molecule has 1 aliphatic heterocycles. The zero-order valence-corrected chi connectivity index (χ0v) is 14.3. The van der Waals surface area contributed by atoms with Gasteiger partial charge in [-0.15, -0.1) is 0 Å². The summed E-state index contributed by atoms with van der Waals surface area (Å²) >= 11 is 0. The Hall–Kier alpha value is -2.43. The van der Waals surface area contributed by atoms with Gasteiger partial charge in [-0.25, -0.2) is 9.97 Å². The van der Waals surface area contributed by atoms with E-state index in [2.05, 4.69) is 20.2 Å². The van der Waals surface area contributed by atoms with E-state index in [9.17, 15) is 4.79 Å². The van der Waals surface area contributed by atoms with Gasteiger partial charge in [-0.3, -0.25) is 4.79 Å². The highest BCUT2D eigenvalue weighted by Crippen LogP contribution is 2.32. The number of benzene rings is 1. The van der Waals surface area contributed by atoms with E-state index in [1.165, 1.54) is 0 Å². The number of anilines is 1. The minimum atomic E-state index is -0.397. The van der Waals surface area contributed by atoms with Gasteiger partial charge in [0.1, 0.15) is 12.1 Å². The van der Waals surface area contributed by atoms with Gasteiger partial charge in [0.25, 0.3) is 0 Å². The van der Waals surface area contributed by atoms with Crippen molar-refractivity contribution in [1.29, 1.82) is 0 Å². The Bertz CT molecular complexity index is 704. The van der Waals surface area contributed by atoms with Crippen LogP contribution in [0.5, 0.6) is 0 Å². The van der Waals surface area contributed by atoms with Gasteiger partial charge in [0.2, 0.25) is 5.91 Å². The minimum Gasteiger partial charge on any atom is -0.355 e. The number of hydrogen-bond acceptors (Lipinski definition) is 4.